The van der Waals surface area contributed by atoms with E-state index in [9.17, 15) is 14.0 Å². The van der Waals surface area contributed by atoms with Gasteiger partial charge < -0.3 is 14.8 Å². The fraction of sp³-hybridized carbons (Fsp3) is 0.130. The lowest BCUT2D eigenvalue weighted by atomic mass is 10.1. The second kappa shape index (κ2) is 9.01. The van der Waals surface area contributed by atoms with Crippen molar-refractivity contribution in [3.05, 3.63) is 95.3 Å². The summed E-state index contributed by atoms with van der Waals surface area (Å²) in [6.45, 7) is 1.60. The molecule has 0 saturated heterocycles. The molecular formula is C23H20FNO4. The molecule has 29 heavy (non-hydrogen) atoms. The van der Waals surface area contributed by atoms with Gasteiger partial charge in [-0.25, -0.2) is 9.18 Å². The van der Waals surface area contributed by atoms with Gasteiger partial charge in [0.2, 0.25) is 6.10 Å². The van der Waals surface area contributed by atoms with Crippen LogP contribution in [-0.4, -0.2) is 19.0 Å². The Morgan fingerprint density at radius 3 is 2.41 bits per heavy atom. The zero-order valence-electron chi connectivity index (χ0n) is 16.0. The molecule has 3 rings (SSSR count). The van der Waals surface area contributed by atoms with Crippen molar-refractivity contribution in [2.75, 3.05) is 12.4 Å². The van der Waals surface area contributed by atoms with Gasteiger partial charge in [0.1, 0.15) is 11.6 Å². The Labute approximate surface area is 168 Å². The molecule has 0 saturated carbocycles. The highest BCUT2D eigenvalue weighted by molar-refractivity contribution is 5.98. The summed E-state index contributed by atoms with van der Waals surface area (Å²) in [5.74, 6) is -1.27. The maximum absolute atomic E-state index is 13.8. The van der Waals surface area contributed by atoms with E-state index >= 15 is 0 Å². The number of amides is 1. The second-order valence-corrected chi connectivity index (χ2v) is 6.38. The first-order valence-corrected chi connectivity index (χ1v) is 8.95. The first kappa shape index (κ1) is 20.1. The Balaban J connectivity index is 1.85. The molecule has 0 heterocycles. The van der Waals surface area contributed by atoms with Gasteiger partial charge in [0, 0.05) is 17.3 Å². The molecule has 148 valence electrons. The van der Waals surface area contributed by atoms with E-state index in [-0.39, 0.29) is 5.56 Å². The first-order valence-electron chi connectivity index (χ1n) is 8.95. The van der Waals surface area contributed by atoms with Crippen molar-refractivity contribution < 1.29 is 23.5 Å². The zero-order valence-corrected chi connectivity index (χ0v) is 16.0. The van der Waals surface area contributed by atoms with Crippen LogP contribution < -0.4 is 10.1 Å². The van der Waals surface area contributed by atoms with Crippen molar-refractivity contribution in [3.8, 4) is 5.75 Å². The summed E-state index contributed by atoms with van der Waals surface area (Å²) in [7, 11) is 1.52. The Morgan fingerprint density at radius 1 is 0.966 bits per heavy atom. The molecule has 6 heteroatoms. The van der Waals surface area contributed by atoms with E-state index < -0.39 is 23.8 Å². The number of methoxy groups -OCH3 is 1. The molecule has 0 aliphatic heterocycles. The second-order valence-electron chi connectivity index (χ2n) is 6.38. The number of anilines is 1. The quantitative estimate of drug-likeness (QED) is 0.618. The van der Waals surface area contributed by atoms with E-state index in [1.807, 2.05) is 0 Å². The molecule has 0 aliphatic rings. The average molecular weight is 393 g/mol. The number of halogens is 1. The van der Waals surface area contributed by atoms with Crippen LogP contribution in [0.2, 0.25) is 0 Å². The Hall–Kier alpha value is -3.67. The standard InChI is InChI=1S/C23H20FNO4/c1-15-11-12-17(13-20(15)24)23(27)29-21(16-7-4-3-5-8-16)22(26)25-18-9-6-10-19(14-18)28-2/h3-14,21H,1-2H3,(H,25,26)/t21-/m1/s1. The molecule has 1 N–H and O–H groups in total. The molecular weight excluding hydrogens is 373 g/mol. The number of carbonyl (C=O) groups is 2. The van der Waals surface area contributed by atoms with E-state index in [1.165, 1.54) is 19.2 Å². The maximum Gasteiger partial charge on any atom is 0.339 e. The minimum Gasteiger partial charge on any atom is -0.497 e. The molecule has 3 aromatic carbocycles. The molecule has 0 unspecified atom stereocenters. The number of hydrogen-bond donors (Lipinski definition) is 1. The number of nitrogens with one attached hydrogen (secondary N) is 1. The van der Waals surface area contributed by atoms with Gasteiger partial charge in [-0.05, 0) is 36.8 Å². The zero-order chi connectivity index (χ0) is 20.8. The number of benzene rings is 3. The predicted molar refractivity (Wildman–Crippen MR) is 107 cm³/mol. The highest BCUT2D eigenvalue weighted by atomic mass is 19.1. The Kier molecular flexibility index (Phi) is 6.24. The van der Waals surface area contributed by atoms with Crippen LogP contribution in [0.3, 0.4) is 0 Å². The van der Waals surface area contributed by atoms with E-state index in [1.54, 1.807) is 61.5 Å². The van der Waals surface area contributed by atoms with Crippen LogP contribution >= 0.6 is 0 Å². The van der Waals surface area contributed by atoms with Crippen LogP contribution in [0.4, 0.5) is 10.1 Å². The van der Waals surface area contributed by atoms with Crippen molar-refractivity contribution in [2.45, 2.75) is 13.0 Å². The fourth-order valence-electron chi connectivity index (χ4n) is 2.70. The Bertz CT molecular complexity index is 1020. The van der Waals surface area contributed by atoms with Crippen molar-refractivity contribution in [1.82, 2.24) is 0 Å². The molecule has 5 nitrogen and oxygen atoms in total. The minimum absolute atomic E-state index is 0.0308. The van der Waals surface area contributed by atoms with Gasteiger partial charge in [-0.3, -0.25) is 4.79 Å². The normalized spacial score (nSPS) is 11.4. The van der Waals surface area contributed by atoms with Crippen molar-refractivity contribution in [1.29, 1.82) is 0 Å². The third kappa shape index (κ3) is 4.99. The summed E-state index contributed by atoms with van der Waals surface area (Å²) >= 11 is 0. The van der Waals surface area contributed by atoms with E-state index in [4.69, 9.17) is 9.47 Å². The number of aryl methyl sites for hydroxylation is 1. The number of rotatable bonds is 6. The van der Waals surface area contributed by atoms with Gasteiger partial charge in [0.05, 0.1) is 12.7 Å². The fourth-order valence-corrected chi connectivity index (χ4v) is 2.70. The van der Waals surface area contributed by atoms with Crippen LogP contribution in [0, 0.1) is 12.7 Å². The topological polar surface area (TPSA) is 64.6 Å². The molecule has 0 fully saturated rings. The van der Waals surface area contributed by atoms with Crippen molar-refractivity contribution in [2.24, 2.45) is 0 Å². The number of carbonyl (C=O) groups excluding carboxylic acids is 2. The summed E-state index contributed by atoms with van der Waals surface area (Å²) in [6, 6.07) is 19.5. The molecule has 0 spiro atoms. The largest absolute Gasteiger partial charge is 0.497 e. The number of esters is 1. The third-order valence-electron chi connectivity index (χ3n) is 4.31. The van der Waals surface area contributed by atoms with Gasteiger partial charge in [-0.1, -0.05) is 42.5 Å². The molecule has 0 bridgehead atoms. The van der Waals surface area contributed by atoms with E-state index in [0.29, 0.717) is 22.6 Å². The molecule has 1 amide bonds. The van der Waals surface area contributed by atoms with Crippen molar-refractivity contribution >= 4 is 17.6 Å². The van der Waals surface area contributed by atoms with Crippen LogP contribution in [0.5, 0.6) is 5.75 Å². The predicted octanol–water partition coefficient (Wildman–Crippen LogP) is 4.68. The van der Waals surface area contributed by atoms with Gasteiger partial charge in [0.15, 0.2) is 0 Å². The monoisotopic (exact) mass is 393 g/mol. The van der Waals surface area contributed by atoms with Crippen LogP contribution in [-0.2, 0) is 9.53 Å². The summed E-state index contributed by atoms with van der Waals surface area (Å²) in [4.78, 5) is 25.5. The molecule has 0 aliphatic carbocycles. The van der Waals surface area contributed by atoms with Crippen LogP contribution in [0.25, 0.3) is 0 Å². The molecule has 0 radical (unpaired) electrons. The maximum atomic E-state index is 13.8. The van der Waals surface area contributed by atoms with E-state index in [2.05, 4.69) is 5.32 Å². The number of hydrogen-bond acceptors (Lipinski definition) is 4. The smallest absolute Gasteiger partial charge is 0.339 e. The Morgan fingerprint density at radius 2 is 1.72 bits per heavy atom. The first-order chi connectivity index (χ1) is 14.0. The lowest BCUT2D eigenvalue weighted by Gasteiger charge is -2.18. The van der Waals surface area contributed by atoms with Crippen LogP contribution in [0.15, 0.2) is 72.8 Å². The van der Waals surface area contributed by atoms with Crippen molar-refractivity contribution in [3.63, 3.8) is 0 Å². The summed E-state index contributed by atoms with van der Waals surface area (Å²) < 4.78 is 24.4. The van der Waals surface area contributed by atoms with Gasteiger partial charge in [-0.2, -0.15) is 0 Å². The molecule has 1 atom stereocenters. The highest BCUT2D eigenvalue weighted by Crippen LogP contribution is 2.24. The lowest BCUT2D eigenvalue weighted by Crippen LogP contribution is -2.26. The molecule has 3 aromatic rings. The van der Waals surface area contributed by atoms with Gasteiger partial charge >= 0.3 is 5.97 Å². The summed E-state index contributed by atoms with van der Waals surface area (Å²) in [5, 5.41) is 2.72. The van der Waals surface area contributed by atoms with Gasteiger partial charge in [0.25, 0.3) is 5.91 Å². The van der Waals surface area contributed by atoms with E-state index in [0.717, 1.165) is 6.07 Å². The molecule has 0 aromatic heterocycles. The van der Waals surface area contributed by atoms with Gasteiger partial charge in [-0.15, -0.1) is 0 Å². The summed E-state index contributed by atoms with van der Waals surface area (Å²) in [6.07, 6.45) is -1.21. The SMILES string of the molecule is COc1cccc(NC(=O)[C@H](OC(=O)c2ccc(C)c(F)c2)c2ccccc2)c1. The average Bonchev–Trinajstić information content (AvgIpc) is 2.74. The number of ether oxygens (including phenoxy) is 2. The minimum atomic E-state index is -1.21. The highest BCUT2D eigenvalue weighted by Gasteiger charge is 2.26. The lowest BCUT2D eigenvalue weighted by molar-refractivity contribution is -0.125. The van der Waals surface area contributed by atoms with Crippen LogP contribution in [0.1, 0.15) is 27.6 Å². The third-order valence-corrected chi connectivity index (χ3v) is 4.31. The summed E-state index contributed by atoms with van der Waals surface area (Å²) in [5.41, 5.74) is 1.43.